The maximum absolute atomic E-state index is 11.7. The number of rotatable bonds is 5. The minimum Gasteiger partial charge on any atom is -0.347 e. The highest BCUT2D eigenvalue weighted by Crippen LogP contribution is 2.21. The van der Waals surface area contributed by atoms with Gasteiger partial charge in [0, 0.05) is 27.7 Å². The number of nitrogens with one attached hydrogen (secondary N) is 1. The zero-order chi connectivity index (χ0) is 13.9. The monoisotopic (exact) mass is 316 g/mol. The second-order valence-electron chi connectivity index (χ2n) is 4.52. The molecule has 0 bridgehead atoms. The number of aromatic nitrogens is 2. The predicted molar refractivity (Wildman–Crippen MR) is 75.3 cm³/mol. The van der Waals surface area contributed by atoms with Gasteiger partial charge in [-0.15, -0.1) is 0 Å². The summed E-state index contributed by atoms with van der Waals surface area (Å²) >= 11 is 3.56. The van der Waals surface area contributed by atoms with Crippen LogP contribution in [0.3, 0.4) is 0 Å². The van der Waals surface area contributed by atoms with E-state index in [2.05, 4.69) is 33.3 Å². The Kier molecular flexibility index (Phi) is 5.34. The van der Waals surface area contributed by atoms with Crippen molar-refractivity contribution < 1.29 is 4.79 Å². The molecule has 0 saturated heterocycles. The summed E-state index contributed by atoms with van der Waals surface area (Å²) < 4.78 is 2.88. The van der Waals surface area contributed by atoms with Gasteiger partial charge >= 0.3 is 0 Å². The van der Waals surface area contributed by atoms with Crippen molar-refractivity contribution in [1.82, 2.24) is 20.0 Å². The van der Waals surface area contributed by atoms with Gasteiger partial charge in [0.1, 0.15) is 0 Å². The topological polar surface area (TPSA) is 50.2 Å². The minimum absolute atomic E-state index is 0.0732. The molecule has 1 unspecified atom stereocenters. The lowest BCUT2D eigenvalue weighted by atomic mass is 10.2. The summed E-state index contributed by atoms with van der Waals surface area (Å²) in [5.74, 6) is 0.0732. The Morgan fingerprint density at radius 1 is 1.56 bits per heavy atom. The molecule has 0 aromatic carbocycles. The molecule has 1 atom stereocenters. The summed E-state index contributed by atoms with van der Waals surface area (Å²) in [6, 6.07) is -0.202. The van der Waals surface area contributed by atoms with Crippen molar-refractivity contribution in [2.45, 2.75) is 32.9 Å². The summed E-state index contributed by atoms with van der Waals surface area (Å²) in [5, 5.41) is 7.64. The first-order valence-electron chi connectivity index (χ1n) is 6.03. The van der Waals surface area contributed by atoms with Gasteiger partial charge in [-0.1, -0.05) is 6.92 Å². The van der Waals surface area contributed by atoms with Gasteiger partial charge in [-0.3, -0.25) is 9.48 Å². The molecule has 0 radical (unpaired) electrons. The summed E-state index contributed by atoms with van der Waals surface area (Å²) in [6.07, 6.45) is 0.889. The molecule has 0 aliphatic carbocycles. The quantitative estimate of drug-likeness (QED) is 0.891. The van der Waals surface area contributed by atoms with Crippen molar-refractivity contribution in [2.24, 2.45) is 7.05 Å². The molecule has 1 aromatic rings. The first-order chi connectivity index (χ1) is 8.38. The van der Waals surface area contributed by atoms with Crippen LogP contribution in [0.15, 0.2) is 4.47 Å². The summed E-state index contributed by atoms with van der Waals surface area (Å²) in [7, 11) is 5.44. The lowest BCUT2D eigenvalue weighted by molar-refractivity contribution is -0.130. The fraction of sp³-hybridized carbons (Fsp3) is 0.667. The fourth-order valence-electron chi connectivity index (χ4n) is 1.74. The van der Waals surface area contributed by atoms with Crippen LogP contribution in [0.1, 0.15) is 25.2 Å². The molecule has 1 rings (SSSR count). The Morgan fingerprint density at radius 2 is 2.17 bits per heavy atom. The Hall–Kier alpha value is -0.880. The molecule has 0 aliphatic heterocycles. The van der Waals surface area contributed by atoms with Crippen LogP contribution in [0.25, 0.3) is 0 Å². The SMILES string of the molecule is CCc1nn(C)c(CNC(C)C(=O)N(C)C)c1Br. The lowest BCUT2D eigenvalue weighted by Gasteiger charge is -2.18. The molecule has 5 nitrogen and oxygen atoms in total. The van der Waals surface area contributed by atoms with E-state index >= 15 is 0 Å². The number of hydrogen-bond donors (Lipinski definition) is 1. The average Bonchev–Trinajstić information content (AvgIpc) is 2.60. The summed E-state index contributed by atoms with van der Waals surface area (Å²) in [6.45, 7) is 4.56. The average molecular weight is 317 g/mol. The number of halogens is 1. The fourth-order valence-corrected chi connectivity index (χ4v) is 2.49. The van der Waals surface area contributed by atoms with Gasteiger partial charge in [0.2, 0.25) is 5.91 Å². The highest BCUT2D eigenvalue weighted by atomic mass is 79.9. The standard InChI is InChI=1S/C12H21BrN4O/c1-6-9-11(13)10(17(5)15-9)7-14-8(2)12(18)16(3)4/h8,14H,6-7H2,1-5H3. The van der Waals surface area contributed by atoms with E-state index in [-0.39, 0.29) is 11.9 Å². The zero-order valence-corrected chi connectivity index (χ0v) is 13.2. The van der Waals surface area contributed by atoms with E-state index in [9.17, 15) is 4.79 Å². The number of carbonyl (C=O) groups is 1. The second-order valence-corrected chi connectivity index (χ2v) is 5.31. The molecule has 18 heavy (non-hydrogen) atoms. The molecular weight excluding hydrogens is 296 g/mol. The van der Waals surface area contributed by atoms with Gasteiger partial charge in [0.05, 0.1) is 21.9 Å². The number of likely N-dealkylation sites (N-methyl/N-ethyl adjacent to an activating group) is 1. The van der Waals surface area contributed by atoms with Gasteiger partial charge in [-0.2, -0.15) is 5.10 Å². The highest BCUT2D eigenvalue weighted by Gasteiger charge is 2.17. The Balaban J connectivity index is 2.69. The van der Waals surface area contributed by atoms with Crippen molar-refractivity contribution in [2.75, 3.05) is 14.1 Å². The van der Waals surface area contributed by atoms with Crippen LogP contribution in [-0.4, -0.2) is 40.7 Å². The smallest absolute Gasteiger partial charge is 0.238 e. The molecule has 1 aromatic heterocycles. The van der Waals surface area contributed by atoms with E-state index in [1.165, 1.54) is 0 Å². The molecule has 1 N–H and O–H groups in total. The Labute approximate surface area is 117 Å². The molecule has 1 heterocycles. The third-order valence-corrected chi connectivity index (χ3v) is 3.81. The lowest BCUT2D eigenvalue weighted by Crippen LogP contribution is -2.41. The highest BCUT2D eigenvalue weighted by molar-refractivity contribution is 9.10. The van der Waals surface area contributed by atoms with Crippen molar-refractivity contribution >= 4 is 21.8 Å². The molecule has 0 saturated carbocycles. The van der Waals surface area contributed by atoms with Crippen LogP contribution in [-0.2, 0) is 24.8 Å². The molecule has 1 amide bonds. The third-order valence-electron chi connectivity index (χ3n) is 2.89. The molecule has 6 heteroatoms. The Morgan fingerprint density at radius 3 is 2.61 bits per heavy atom. The normalized spacial score (nSPS) is 12.6. The molecule has 0 fully saturated rings. The van der Waals surface area contributed by atoms with Crippen LogP contribution >= 0.6 is 15.9 Å². The molecule has 0 aliphatic rings. The van der Waals surface area contributed by atoms with Gasteiger partial charge in [0.25, 0.3) is 0 Å². The van der Waals surface area contributed by atoms with Gasteiger partial charge in [0.15, 0.2) is 0 Å². The van der Waals surface area contributed by atoms with Crippen LogP contribution in [0, 0.1) is 0 Å². The molecule has 102 valence electrons. The maximum atomic E-state index is 11.7. The van der Waals surface area contributed by atoms with E-state index in [0.29, 0.717) is 6.54 Å². The summed E-state index contributed by atoms with van der Waals surface area (Å²) in [4.78, 5) is 13.3. The molecular formula is C12H21BrN4O. The van der Waals surface area contributed by atoms with Crippen LogP contribution in [0.2, 0.25) is 0 Å². The second kappa shape index (κ2) is 6.33. The van der Waals surface area contributed by atoms with E-state index in [0.717, 1.165) is 22.3 Å². The van der Waals surface area contributed by atoms with Crippen LogP contribution < -0.4 is 5.32 Å². The number of hydrogen-bond acceptors (Lipinski definition) is 3. The minimum atomic E-state index is -0.202. The first-order valence-corrected chi connectivity index (χ1v) is 6.82. The van der Waals surface area contributed by atoms with Crippen molar-refractivity contribution in [3.8, 4) is 0 Å². The van der Waals surface area contributed by atoms with E-state index in [1.807, 2.05) is 18.7 Å². The van der Waals surface area contributed by atoms with E-state index < -0.39 is 0 Å². The van der Waals surface area contributed by atoms with Crippen LogP contribution in [0.4, 0.5) is 0 Å². The zero-order valence-electron chi connectivity index (χ0n) is 11.6. The first kappa shape index (κ1) is 15.2. The number of nitrogens with zero attached hydrogens (tertiary/aromatic N) is 3. The largest absolute Gasteiger partial charge is 0.347 e. The van der Waals surface area contributed by atoms with Crippen molar-refractivity contribution in [3.05, 3.63) is 15.9 Å². The van der Waals surface area contributed by atoms with Gasteiger partial charge in [-0.25, -0.2) is 0 Å². The predicted octanol–water partition coefficient (Wildman–Crippen LogP) is 1.31. The van der Waals surface area contributed by atoms with E-state index in [1.54, 1.807) is 19.0 Å². The van der Waals surface area contributed by atoms with Crippen LogP contribution in [0.5, 0.6) is 0 Å². The van der Waals surface area contributed by atoms with Crippen molar-refractivity contribution in [3.63, 3.8) is 0 Å². The number of amides is 1. The Bertz CT molecular complexity index is 428. The molecule has 0 spiro atoms. The third kappa shape index (κ3) is 3.32. The number of aryl methyl sites for hydroxylation is 2. The summed E-state index contributed by atoms with van der Waals surface area (Å²) in [5.41, 5.74) is 2.10. The van der Waals surface area contributed by atoms with Gasteiger partial charge in [-0.05, 0) is 29.3 Å². The van der Waals surface area contributed by atoms with Gasteiger partial charge < -0.3 is 10.2 Å². The van der Waals surface area contributed by atoms with Crippen molar-refractivity contribution in [1.29, 1.82) is 0 Å². The number of carbonyl (C=O) groups excluding carboxylic acids is 1. The maximum Gasteiger partial charge on any atom is 0.238 e. The van der Waals surface area contributed by atoms with E-state index in [4.69, 9.17) is 0 Å².